The first-order valence-corrected chi connectivity index (χ1v) is 12.7. The van der Waals surface area contributed by atoms with Crippen LogP contribution in [0, 0.1) is 23.1 Å². The fourth-order valence-electron chi connectivity index (χ4n) is 4.29. The predicted octanol–water partition coefficient (Wildman–Crippen LogP) is 6.96. The van der Waals surface area contributed by atoms with Crippen molar-refractivity contribution in [3.8, 4) is 6.07 Å². The molecule has 0 spiro atoms. The summed E-state index contributed by atoms with van der Waals surface area (Å²) in [5, 5.41) is 25.7. The van der Waals surface area contributed by atoms with Crippen molar-refractivity contribution >= 4 is 51.2 Å². The predicted molar refractivity (Wildman–Crippen MR) is 144 cm³/mol. The van der Waals surface area contributed by atoms with E-state index in [1.165, 1.54) is 30.6 Å². The molecule has 5 aromatic rings. The first kappa shape index (κ1) is 25.0. The van der Waals surface area contributed by atoms with E-state index in [9.17, 15) is 14.0 Å². The maximum Gasteiger partial charge on any atom is 0.231 e. The van der Waals surface area contributed by atoms with Crippen LogP contribution in [0.3, 0.4) is 0 Å². The Morgan fingerprint density at radius 2 is 1.77 bits per heavy atom. The first-order chi connectivity index (χ1) is 18.9. The number of hydrogen-bond donors (Lipinski definition) is 2. The number of fused-ring (bicyclic) bond motifs is 1. The highest BCUT2D eigenvalue weighted by molar-refractivity contribution is 6.36. The van der Waals surface area contributed by atoms with Crippen LogP contribution in [0.2, 0.25) is 10.0 Å². The number of nitrogens with zero attached hydrogens (tertiary/aromatic N) is 6. The Kier molecular flexibility index (Phi) is 6.46. The topological polar surface area (TPSA) is 104 Å². The van der Waals surface area contributed by atoms with E-state index in [0.29, 0.717) is 44.7 Å². The molecule has 0 unspecified atom stereocenters. The van der Waals surface area contributed by atoms with Gasteiger partial charge >= 0.3 is 0 Å². The second kappa shape index (κ2) is 10.1. The van der Waals surface area contributed by atoms with E-state index in [1.54, 1.807) is 24.3 Å². The van der Waals surface area contributed by atoms with E-state index in [-0.39, 0.29) is 16.4 Å². The molecule has 6 rings (SSSR count). The minimum atomic E-state index is -0.803. The molecule has 0 saturated heterocycles. The Morgan fingerprint density at radius 3 is 2.49 bits per heavy atom. The van der Waals surface area contributed by atoms with Crippen LogP contribution in [0.4, 0.5) is 25.8 Å². The van der Waals surface area contributed by atoms with Gasteiger partial charge < -0.3 is 10.6 Å². The summed E-state index contributed by atoms with van der Waals surface area (Å²) in [5.74, 6) is -1.16. The van der Waals surface area contributed by atoms with Crippen LogP contribution in [-0.2, 0) is 0 Å². The molecule has 3 aromatic heterocycles. The fraction of sp³-hybridized carbons (Fsp3) is 0.148. The largest absolute Gasteiger partial charge is 0.373 e. The van der Waals surface area contributed by atoms with E-state index in [4.69, 9.17) is 23.2 Å². The van der Waals surface area contributed by atoms with Gasteiger partial charge in [-0.05, 0) is 48.7 Å². The summed E-state index contributed by atoms with van der Waals surface area (Å²) in [5.41, 5.74) is 3.47. The second-order valence-corrected chi connectivity index (χ2v) is 9.93. The van der Waals surface area contributed by atoms with E-state index in [1.807, 2.05) is 10.9 Å². The van der Waals surface area contributed by atoms with Crippen molar-refractivity contribution in [2.75, 3.05) is 10.6 Å². The zero-order valence-electron chi connectivity index (χ0n) is 20.0. The van der Waals surface area contributed by atoms with Gasteiger partial charge in [0.1, 0.15) is 17.6 Å². The van der Waals surface area contributed by atoms with E-state index in [2.05, 4.69) is 37.0 Å². The molecule has 0 bridgehead atoms. The maximum atomic E-state index is 13.7. The summed E-state index contributed by atoms with van der Waals surface area (Å²) in [6.45, 7) is 0. The van der Waals surface area contributed by atoms with Crippen LogP contribution in [0.25, 0.3) is 10.9 Å². The highest BCUT2D eigenvalue weighted by Crippen LogP contribution is 2.38. The van der Waals surface area contributed by atoms with Gasteiger partial charge in [0.05, 0.1) is 57.0 Å². The molecule has 1 fully saturated rings. The lowest BCUT2D eigenvalue weighted by molar-refractivity contribution is 0.584. The third-order valence-electron chi connectivity index (χ3n) is 6.37. The van der Waals surface area contributed by atoms with Crippen LogP contribution in [-0.4, -0.2) is 25.0 Å². The van der Waals surface area contributed by atoms with Crippen molar-refractivity contribution in [2.45, 2.75) is 24.9 Å². The van der Waals surface area contributed by atoms with Crippen molar-refractivity contribution in [1.82, 2.24) is 25.0 Å². The Bertz CT molecular complexity index is 1750. The van der Waals surface area contributed by atoms with E-state index in [0.717, 1.165) is 18.4 Å². The van der Waals surface area contributed by atoms with Gasteiger partial charge in [-0.1, -0.05) is 40.5 Å². The monoisotopic (exact) mass is 562 g/mol. The van der Waals surface area contributed by atoms with Crippen LogP contribution in [0.5, 0.6) is 0 Å². The molecule has 0 amide bonds. The molecule has 2 N–H and O–H groups in total. The molecule has 3 heterocycles. The standard InChI is InChI=1S/C27H18Cl2F2N8/c28-21-8-17(35-25(14-1-3-16(30)4-2-14)23-13-39(38-37-23)19-5-6-19)7-20-24(15(10-32)11-33-26(20)21)36-18-9-22(29)27(31)34-12-18/h1-4,7-9,11-13,19,25,35H,5-6H2,(H,33,36)/t25-/m0/s1. The van der Waals surface area contributed by atoms with Gasteiger partial charge in [0.15, 0.2) is 0 Å². The van der Waals surface area contributed by atoms with Gasteiger partial charge in [0.2, 0.25) is 5.95 Å². The minimum absolute atomic E-state index is 0.168. The van der Waals surface area contributed by atoms with Gasteiger partial charge in [0.25, 0.3) is 0 Å². The van der Waals surface area contributed by atoms with Crippen LogP contribution < -0.4 is 10.6 Å². The molecule has 1 saturated carbocycles. The zero-order valence-corrected chi connectivity index (χ0v) is 21.5. The number of rotatable bonds is 7. The Hall–Kier alpha value is -4.33. The minimum Gasteiger partial charge on any atom is -0.373 e. The molecule has 0 radical (unpaired) electrons. The normalized spacial score (nSPS) is 13.7. The molecule has 2 aromatic carbocycles. The number of nitriles is 1. The molecular weight excluding hydrogens is 545 g/mol. The van der Waals surface area contributed by atoms with Crippen molar-refractivity contribution in [2.24, 2.45) is 0 Å². The lowest BCUT2D eigenvalue weighted by Crippen LogP contribution is -2.13. The lowest BCUT2D eigenvalue weighted by Gasteiger charge is -2.20. The summed E-state index contributed by atoms with van der Waals surface area (Å²) in [6, 6.07) is 13.0. The smallest absolute Gasteiger partial charge is 0.231 e. The van der Waals surface area contributed by atoms with Gasteiger partial charge in [-0.2, -0.15) is 9.65 Å². The van der Waals surface area contributed by atoms with Gasteiger partial charge in [-0.15, -0.1) is 5.10 Å². The molecule has 8 nitrogen and oxygen atoms in total. The SMILES string of the molecule is N#Cc1cnc2c(Cl)cc(N[C@@H](c3ccc(F)cc3)c3cn(C4CC4)nn3)cc2c1Nc1cnc(F)c(Cl)c1. The quantitative estimate of drug-likeness (QED) is 0.206. The van der Waals surface area contributed by atoms with E-state index < -0.39 is 12.0 Å². The third kappa shape index (κ3) is 5.06. The molecule has 12 heteroatoms. The number of pyridine rings is 2. The van der Waals surface area contributed by atoms with E-state index >= 15 is 0 Å². The summed E-state index contributed by atoms with van der Waals surface area (Å²) in [7, 11) is 0. The highest BCUT2D eigenvalue weighted by atomic mass is 35.5. The Balaban J connectivity index is 1.44. The third-order valence-corrected chi connectivity index (χ3v) is 6.92. The van der Waals surface area contributed by atoms with Crippen LogP contribution >= 0.6 is 23.2 Å². The number of anilines is 3. The van der Waals surface area contributed by atoms with Gasteiger partial charge in [0, 0.05) is 17.3 Å². The Labute approximate surface area is 231 Å². The van der Waals surface area contributed by atoms with Gasteiger partial charge in [-0.25, -0.2) is 14.1 Å². The molecular formula is C27H18Cl2F2N8. The first-order valence-electron chi connectivity index (χ1n) is 11.9. The van der Waals surface area contributed by atoms with Crippen LogP contribution in [0.1, 0.15) is 41.7 Å². The number of benzene rings is 2. The summed E-state index contributed by atoms with van der Waals surface area (Å²) in [4.78, 5) is 8.01. The number of halogens is 4. The second-order valence-electron chi connectivity index (χ2n) is 9.12. The average molecular weight is 563 g/mol. The van der Waals surface area contributed by atoms with Gasteiger partial charge in [-0.3, -0.25) is 4.98 Å². The molecule has 0 aliphatic heterocycles. The van der Waals surface area contributed by atoms with Crippen molar-refractivity contribution in [3.05, 3.63) is 99.7 Å². The summed E-state index contributed by atoms with van der Waals surface area (Å²) in [6.07, 6.45) is 6.66. The fourth-order valence-corrected chi connectivity index (χ4v) is 4.72. The molecule has 39 heavy (non-hydrogen) atoms. The van der Waals surface area contributed by atoms with Crippen molar-refractivity contribution < 1.29 is 8.78 Å². The maximum absolute atomic E-state index is 13.7. The van der Waals surface area contributed by atoms with Crippen LogP contribution in [0.15, 0.2) is 61.1 Å². The molecule has 194 valence electrons. The lowest BCUT2D eigenvalue weighted by atomic mass is 10.0. The number of nitrogens with one attached hydrogen (secondary N) is 2. The number of hydrogen-bond acceptors (Lipinski definition) is 7. The van der Waals surface area contributed by atoms with Crippen molar-refractivity contribution in [3.63, 3.8) is 0 Å². The average Bonchev–Trinajstić information content (AvgIpc) is 3.67. The molecule has 1 aliphatic rings. The summed E-state index contributed by atoms with van der Waals surface area (Å²) >= 11 is 12.6. The Morgan fingerprint density at radius 1 is 1.00 bits per heavy atom. The molecule has 1 aliphatic carbocycles. The number of aromatic nitrogens is 5. The highest BCUT2D eigenvalue weighted by Gasteiger charge is 2.27. The van der Waals surface area contributed by atoms with Crippen molar-refractivity contribution in [1.29, 1.82) is 5.26 Å². The molecule has 1 atom stereocenters. The zero-order chi connectivity index (χ0) is 27.1. The summed E-state index contributed by atoms with van der Waals surface area (Å²) < 4.78 is 29.2.